The molecule has 2 rings (SSSR count). The van der Waals surface area contributed by atoms with E-state index in [2.05, 4.69) is 5.32 Å². The van der Waals surface area contributed by atoms with E-state index in [1.165, 1.54) is 0 Å². The van der Waals surface area contributed by atoms with Crippen LogP contribution in [0.2, 0.25) is 5.02 Å². The molecule has 4 nitrogen and oxygen atoms in total. The van der Waals surface area contributed by atoms with Gasteiger partial charge < -0.3 is 15.0 Å². The molecule has 1 atom stereocenters. The number of ether oxygens (including phenoxy) is 1. The molecule has 0 aliphatic carbocycles. The summed E-state index contributed by atoms with van der Waals surface area (Å²) in [5, 5.41) is 3.76. The summed E-state index contributed by atoms with van der Waals surface area (Å²) < 4.78 is 5.44. The largest absolute Gasteiger partial charge is 0.482 e. The van der Waals surface area contributed by atoms with Gasteiger partial charge in [0.05, 0.1) is 5.02 Å². The molecular formula is C13H17ClN2O2. The van der Waals surface area contributed by atoms with E-state index in [0.29, 0.717) is 10.8 Å². The van der Waals surface area contributed by atoms with Gasteiger partial charge in [0.2, 0.25) is 0 Å². The second kappa shape index (κ2) is 6.07. The van der Waals surface area contributed by atoms with Crippen molar-refractivity contribution in [1.82, 2.24) is 10.2 Å². The first kappa shape index (κ1) is 13.2. The number of benzene rings is 1. The number of carbonyl (C=O) groups is 1. The van der Waals surface area contributed by atoms with E-state index in [4.69, 9.17) is 16.3 Å². The normalized spacial score (nSPS) is 18.7. The number of para-hydroxylation sites is 1. The molecule has 0 radical (unpaired) electrons. The molecule has 0 aromatic heterocycles. The highest BCUT2D eigenvalue weighted by molar-refractivity contribution is 6.32. The Bertz CT molecular complexity index is 419. The Morgan fingerprint density at radius 1 is 1.56 bits per heavy atom. The third-order valence-electron chi connectivity index (χ3n) is 3.16. The van der Waals surface area contributed by atoms with Crippen LogP contribution in [0.3, 0.4) is 0 Å². The molecule has 18 heavy (non-hydrogen) atoms. The first-order chi connectivity index (χ1) is 8.68. The van der Waals surface area contributed by atoms with Gasteiger partial charge in [-0.2, -0.15) is 0 Å². The molecule has 1 aromatic rings. The van der Waals surface area contributed by atoms with E-state index in [1.807, 2.05) is 19.2 Å². The SMILES string of the molecule is CN(C(=O)COc1ccccc1Cl)C1CCNC1. The van der Waals surface area contributed by atoms with Crippen LogP contribution >= 0.6 is 11.6 Å². The molecule has 1 aromatic carbocycles. The Morgan fingerprint density at radius 3 is 3.00 bits per heavy atom. The third-order valence-corrected chi connectivity index (χ3v) is 3.48. The Morgan fingerprint density at radius 2 is 2.33 bits per heavy atom. The van der Waals surface area contributed by atoms with Crippen molar-refractivity contribution in [2.75, 3.05) is 26.7 Å². The maximum atomic E-state index is 11.9. The third kappa shape index (κ3) is 3.15. The van der Waals surface area contributed by atoms with Gasteiger partial charge in [-0.05, 0) is 25.1 Å². The predicted octanol–water partition coefficient (Wildman–Crippen LogP) is 1.54. The quantitative estimate of drug-likeness (QED) is 0.901. The maximum Gasteiger partial charge on any atom is 0.260 e. The second-order valence-corrected chi connectivity index (χ2v) is 4.78. The minimum Gasteiger partial charge on any atom is -0.482 e. The highest BCUT2D eigenvalue weighted by Gasteiger charge is 2.23. The van der Waals surface area contributed by atoms with Crippen molar-refractivity contribution >= 4 is 17.5 Å². The molecule has 1 saturated heterocycles. The van der Waals surface area contributed by atoms with Crippen molar-refractivity contribution in [2.24, 2.45) is 0 Å². The predicted molar refractivity (Wildman–Crippen MR) is 71.0 cm³/mol. The van der Waals surface area contributed by atoms with Crippen LogP contribution in [0.25, 0.3) is 0 Å². The van der Waals surface area contributed by atoms with E-state index in [-0.39, 0.29) is 18.6 Å². The van der Waals surface area contributed by atoms with Gasteiger partial charge in [0.1, 0.15) is 5.75 Å². The fourth-order valence-corrected chi connectivity index (χ4v) is 2.17. The number of nitrogens with zero attached hydrogens (tertiary/aromatic N) is 1. The van der Waals surface area contributed by atoms with Crippen LogP contribution in [0.1, 0.15) is 6.42 Å². The Balaban J connectivity index is 1.86. The van der Waals surface area contributed by atoms with Crippen LogP contribution in [-0.2, 0) is 4.79 Å². The van der Waals surface area contributed by atoms with Crippen molar-refractivity contribution in [3.05, 3.63) is 29.3 Å². The monoisotopic (exact) mass is 268 g/mol. The number of nitrogens with one attached hydrogen (secondary N) is 1. The van der Waals surface area contributed by atoms with Crippen molar-refractivity contribution in [3.63, 3.8) is 0 Å². The average molecular weight is 269 g/mol. The second-order valence-electron chi connectivity index (χ2n) is 4.37. The number of hydrogen-bond donors (Lipinski definition) is 1. The summed E-state index contributed by atoms with van der Waals surface area (Å²) in [5.74, 6) is 0.522. The van der Waals surface area contributed by atoms with E-state index < -0.39 is 0 Å². The van der Waals surface area contributed by atoms with E-state index in [9.17, 15) is 4.79 Å². The van der Waals surface area contributed by atoms with E-state index in [1.54, 1.807) is 17.0 Å². The molecular weight excluding hydrogens is 252 g/mol. The number of halogens is 1. The first-order valence-electron chi connectivity index (χ1n) is 6.02. The van der Waals surface area contributed by atoms with Gasteiger partial charge in [-0.15, -0.1) is 0 Å². The van der Waals surface area contributed by atoms with Gasteiger partial charge in [0.25, 0.3) is 5.91 Å². The summed E-state index contributed by atoms with van der Waals surface area (Å²) in [5.41, 5.74) is 0. The van der Waals surface area contributed by atoms with Crippen molar-refractivity contribution in [2.45, 2.75) is 12.5 Å². The van der Waals surface area contributed by atoms with Gasteiger partial charge >= 0.3 is 0 Å². The molecule has 1 unspecified atom stereocenters. The highest BCUT2D eigenvalue weighted by atomic mass is 35.5. The van der Waals surface area contributed by atoms with E-state index in [0.717, 1.165) is 19.5 Å². The summed E-state index contributed by atoms with van der Waals surface area (Å²) in [7, 11) is 1.82. The average Bonchev–Trinajstić information content (AvgIpc) is 2.90. The first-order valence-corrected chi connectivity index (χ1v) is 6.40. The van der Waals surface area contributed by atoms with Crippen molar-refractivity contribution in [1.29, 1.82) is 0 Å². The lowest BCUT2D eigenvalue weighted by atomic mass is 10.2. The molecule has 1 N–H and O–H groups in total. The highest BCUT2D eigenvalue weighted by Crippen LogP contribution is 2.23. The smallest absolute Gasteiger partial charge is 0.260 e. The number of carbonyl (C=O) groups excluding carboxylic acids is 1. The summed E-state index contributed by atoms with van der Waals surface area (Å²) >= 11 is 5.95. The van der Waals surface area contributed by atoms with Gasteiger partial charge in [-0.1, -0.05) is 23.7 Å². The van der Waals surface area contributed by atoms with Gasteiger partial charge in [-0.25, -0.2) is 0 Å². The number of rotatable bonds is 4. The van der Waals surface area contributed by atoms with Crippen LogP contribution in [0.15, 0.2) is 24.3 Å². The lowest BCUT2D eigenvalue weighted by Crippen LogP contribution is -2.40. The number of likely N-dealkylation sites (N-methyl/N-ethyl adjacent to an activating group) is 1. The Kier molecular flexibility index (Phi) is 4.44. The molecule has 0 spiro atoms. The van der Waals surface area contributed by atoms with Gasteiger partial charge in [0, 0.05) is 19.6 Å². The minimum absolute atomic E-state index is 0.0244. The molecule has 0 saturated carbocycles. The lowest BCUT2D eigenvalue weighted by molar-refractivity contribution is -0.133. The van der Waals surface area contributed by atoms with Crippen LogP contribution in [0.5, 0.6) is 5.75 Å². The molecule has 0 bridgehead atoms. The number of amides is 1. The number of hydrogen-bond acceptors (Lipinski definition) is 3. The lowest BCUT2D eigenvalue weighted by Gasteiger charge is -2.23. The van der Waals surface area contributed by atoms with Crippen LogP contribution in [-0.4, -0.2) is 43.6 Å². The van der Waals surface area contributed by atoms with Gasteiger partial charge in [0.15, 0.2) is 6.61 Å². The fourth-order valence-electron chi connectivity index (χ4n) is 1.98. The zero-order valence-corrected chi connectivity index (χ0v) is 11.1. The fraction of sp³-hybridized carbons (Fsp3) is 0.462. The molecule has 1 amide bonds. The Labute approximate surface area is 112 Å². The summed E-state index contributed by atoms with van der Waals surface area (Å²) in [6, 6.07) is 7.43. The zero-order valence-electron chi connectivity index (χ0n) is 10.4. The van der Waals surface area contributed by atoms with Gasteiger partial charge in [-0.3, -0.25) is 4.79 Å². The molecule has 1 fully saturated rings. The molecule has 1 heterocycles. The molecule has 5 heteroatoms. The van der Waals surface area contributed by atoms with Crippen LogP contribution < -0.4 is 10.1 Å². The van der Waals surface area contributed by atoms with Crippen molar-refractivity contribution < 1.29 is 9.53 Å². The topological polar surface area (TPSA) is 41.6 Å². The zero-order chi connectivity index (χ0) is 13.0. The van der Waals surface area contributed by atoms with Crippen molar-refractivity contribution in [3.8, 4) is 5.75 Å². The summed E-state index contributed by atoms with van der Waals surface area (Å²) in [4.78, 5) is 13.7. The molecule has 1 aliphatic heterocycles. The summed E-state index contributed by atoms with van der Waals surface area (Å²) in [6.07, 6.45) is 0.994. The molecule has 98 valence electrons. The van der Waals surface area contributed by atoms with Crippen LogP contribution in [0, 0.1) is 0 Å². The Hall–Kier alpha value is -1.26. The minimum atomic E-state index is -0.0244. The summed E-state index contributed by atoms with van der Waals surface area (Å²) in [6.45, 7) is 1.85. The standard InChI is InChI=1S/C13H17ClN2O2/c1-16(10-6-7-15-8-10)13(17)9-18-12-5-3-2-4-11(12)14/h2-5,10,15H,6-9H2,1H3. The maximum absolute atomic E-state index is 11.9. The molecule has 1 aliphatic rings. The van der Waals surface area contributed by atoms with E-state index >= 15 is 0 Å². The van der Waals surface area contributed by atoms with Crippen LogP contribution in [0.4, 0.5) is 0 Å².